The van der Waals surface area contributed by atoms with Gasteiger partial charge in [-0.15, -0.1) is 0 Å². The topological polar surface area (TPSA) is 50.4 Å². The van der Waals surface area contributed by atoms with Crippen molar-refractivity contribution < 1.29 is 14.3 Å². The molecule has 1 aliphatic rings. The third kappa shape index (κ3) is 1.32. The van der Waals surface area contributed by atoms with Crippen molar-refractivity contribution in [3.63, 3.8) is 0 Å². The molecule has 0 saturated heterocycles. The standard InChI is InChI=1S/C12H9ClO3/c13-7-1-2-10-9(5-7)8-3-6(12(14)15)4-11(8)16-10/h1-2,5-6H,3-4H2,(H,14,15). The molecule has 1 heterocycles. The lowest BCUT2D eigenvalue weighted by Crippen LogP contribution is -2.13. The molecule has 0 spiro atoms. The Bertz CT molecular complexity index is 585. The van der Waals surface area contributed by atoms with Gasteiger partial charge in [0.25, 0.3) is 0 Å². The first-order chi connectivity index (χ1) is 7.65. The highest BCUT2D eigenvalue weighted by molar-refractivity contribution is 6.31. The monoisotopic (exact) mass is 236 g/mol. The number of carboxylic acids is 1. The Morgan fingerprint density at radius 1 is 1.44 bits per heavy atom. The lowest BCUT2D eigenvalue weighted by molar-refractivity contribution is -0.141. The molecule has 0 fully saturated rings. The van der Waals surface area contributed by atoms with Crippen LogP contribution in [0.4, 0.5) is 0 Å². The largest absolute Gasteiger partial charge is 0.481 e. The van der Waals surface area contributed by atoms with Crippen LogP contribution >= 0.6 is 11.6 Å². The van der Waals surface area contributed by atoms with E-state index in [9.17, 15) is 4.79 Å². The maximum absolute atomic E-state index is 10.9. The van der Waals surface area contributed by atoms with Crippen molar-refractivity contribution in [2.24, 2.45) is 5.92 Å². The van der Waals surface area contributed by atoms with E-state index in [1.54, 1.807) is 6.07 Å². The Hall–Kier alpha value is -1.48. The molecule has 0 amide bonds. The van der Waals surface area contributed by atoms with Crippen LogP contribution in [0.1, 0.15) is 11.3 Å². The molecule has 1 unspecified atom stereocenters. The summed E-state index contributed by atoms with van der Waals surface area (Å²) in [6.45, 7) is 0. The highest BCUT2D eigenvalue weighted by Gasteiger charge is 2.31. The van der Waals surface area contributed by atoms with Gasteiger partial charge in [0.15, 0.2) is 0 Å². The summed E-state index contributed by atoms with van der Waals surface area (Å²) in [7, 11) is 0. The summed E-state index contributed by atoms with van der Waals surface area (Å²) in [6.07, 6.45) is 1.02. The minimum absolute atomic E-state index is 0.350. The van der Waals surface area contributed by atoms with Gasteiger partial charge in [0.2, 0.25) is 0 Å². The molecule has 3 rings (SSSR count). The number of fused-ring (bicyclic) bond motifs is 3. The second kappa shape index (κ2) is 3.25. The van der Waals surface area contributed by atoms with Crippen LogP contribution < -0.4 is 0 Å². The number of hydrogen-bond donors (Lipinski definition) is 1. The molecule has 0 aliphatic heterocycles. The summed E-state index contributed by atoms with van der Waals surface area (Å²) < 4.78 is 5.62. The number of rotatable bonds is 1. The van der Waals surface area contributed by atoms with Gasteiger partial charge in [0.1, 0.15) is 11.3 Å². The van der Waals surface area contributed by atoms with Crippen molar-refractivity contribution in [3.8, 4) is 0 Å². The van der Waals surface area contributed by atoms with Gasteiger partial charge < -0.3 is 9.52 Å². The summed E-state index contributed by atoms with van der Waals surface area (Å²) in [6, 6.07) is 5.44. The highest BCUT2D eigenvalue weighted by Crippen LogP contribution is 2.36. The quantitative estimate of drug-likeness (QED) is 0.828. The fourth-order valence-corrected chi connectivity index (χ4v) is 2.45. The molecule has 1 aliphatic carbocycles. The number of hydrogen-bond acceptors (Lipinski definition) is 2. The molecule has 0 bridgehead atoms. The van der Waals surface area contributed by atoms with Gasteiger partial charge in [-0.05, 0) is 24.6 Å². The first-order valence-electron chi connectivity index (χ1n) is 5.08. The summed E-state index contributed by atoms with van der Waals surface area (Å²) in [4.78, 5) is 10.9. The molecule has 4 heteroatoms. The van der Waals surface area contributed by atoms with Crippen LogP contribution in [0.2, 0.25) is 5.02 Å². The minimum Gasteiger partial charge on any atom is -0.481 e. The van der Waals surface area contributed by atoms with E-state index >= 15 is 0 Å². The van der Waals surface area contributed by atoms with Gasteiger partial charge in [-0.25, -0.2) is 0 Å². The van der Waals surface area contributed by atoms with Gasteiger partial charge in [0.05, 0.1) is 5.92 Å². The number of carboxylic acid groups (broad SMARTS) is 1. The van der Waals surface area contributed by atoms with E-state index in [4.69, 9.17) is 21.1 Å². The molecule has 0 radical (unpaired) electrons. The first-order valence-corrected chi connectivity index (χ1v) is 5.45. The van der Waals surface area contributed by atoms with Crippen LogP contribution in [0.3, 0.4) is 0 Å². The summed E-state index contributed by atoms with van der Waals surface area (Å²) in [5.74, 6) is -0.316. The summed E-state index contributed by atoms with van der Waals surface area (Å²) in [5, 5.41) is 10.6. The van der Waals surface area contributed by atoms with Crippen LogP contribution in [0.25, 0.3) is 11.0 Å². The summed E-state index contributed by atoms with van der Waals surface area (Å²) in [5.41, 5.74) is 1.79. The Labute approximate surface area is 96.6 Å². The maximum atomic E-state index is 10.9. The first kappa shape index (κ1) is 9.73. The maximum Gasteiger partial charge on any atom is 0.307 e. The summed E-state index contributed by atoms with van der Waals surface area (Å²) >= 11 is 5.92. The van der Waals surface area contributed by atoms with Gasteiger partial charge >= 0.3 is 5.97 Å². The Morgan fingerprint density at radius 3 is 3.00 bits per heavy atom. The lowest BCUT2D eigenvalue weighted by atomic mass is 10.1. The van der Waals surface area contributed by atoms with Crippen molar-refractivity contribution in [1.82, 2.24) is 0 Å². The fraction of sp³-hybridized carbons (Fsp3) is 0.250. The van der Waals surface area contributed by atoms with Gasteiger partial charge in [-0.2, -0.15) is 0 Å². The average Bonchev–Trinajstić information content (AvgIpc) is 2.75. The zero-order valence-electron chi connectivity index (χ0n) is 8.37. The zero-order chi connectivity index (χ0) is 11.3. The molecule has 1 N–H and O–H groups in total. The SMILES string of the molecule is O=C(O)C1Cc2oc3ccc(Cl)cc3c2C1. The average molecular weight is 237 g/mol. The van der Waals surface area contributed by atoms with Crippen molar-refractivity contribution in [2.45, 2.75) is 12.8 Å². The molecule has 0 saturated carbocycles. The number of furan rings is 1. The van der Waals surface area contributed by atoms with E-state index in [1.165, 1.54) is 0 Å². The fourth-order valence-electron chi connectivity index (χ4n) is 2.28. The molecule has 3 nitrogen and oxygen atoms in total. The number of halogens is 1. The molecule has 16 heavy (non-hydrogen) atoms. The van der Waals surface area contributed by atoms with Crippen molar-refractivity contribution in [2.75, 3.05) is 0 Å². The van der Waals surface area contributed by atoms with Crippen LogP contribution in [-0.4, -0.2) is 11.1 Å². The van der Waals surface area contributed by atoms with Crippen LogP contribution in [-0.2, 0) is 17.6 Å². The van der Waals surface area contributed by atoms with Gasteiger partial charge in [0, 0.05) is 22.4 Å². The predicted molar refractivity (Wildman–Crippen MR) is 59.8 cm³/mol. The van der Waals surface area contributed by atoms with E-state index in [0.717, 1.165) is 22.3 Å². The number of aliphatic carboxylic acids is 1. The van der Waals surface area contributed by atoms with E-state index in [1.807, 2.05) is 12.1 Å². The van der Waals surface area contributed by atoms with Crippen LogP contribution in [0.5, 0.6) is 0 Å². The molecule has 1 aromatic heterocycles. The third-order valence-electron chi connectivity index (χ3n) is 3.07. The molecule has 1 atom stereocenters. The molecule has 82 valence electrons. The van der Waals surface area contributed by atoms with Crippen molar-refractivity contribution >= 4 is 28.5 Å². The van der Waals surface area contributed by atoms with E-state index in [-0.39, 0.29) is 5.92 Å². The van der Waals surface area contributed by atoms with Crippen molar-refractivity contribution in [1.29, 1.82) is 0 Å². The van der Waals surface area contributed by atoms with Gasteiger partial charge in [-0.3, -0.25) is 4.79 Å². The number of benzene rings is 1. The second-order valence-electron chi connectivity index (χ2n) is 4.09. The third-order valence-corrected chi connectivity index (χ3v) is 3.30. The predicted octanol–water partition coefficient (Wildman–Crippen LogP) is 2.89. The minimum atomic E-state index is -0.762. The molecular formula is C12H9ClO3. The normalized spacial score (nSPS) is 18.9. The number of carbonyl (C=O) groups is 1. The van der Waals surface area contributed by atoms with Crippen LogP contribution in [0, 0.1) is 5.92 Å². The highest BCUT2D eigenvalue weighted by atomic mass is 35.5. The Morgan fingerprint density at radius 2 is 2.25 bits per heavy atom. The molecular weight excluding hydrogens is 228 g/mol. The molecule has 1 aromatic carbocycles. The van der Waals surface area contributed by atoms with Crippen molar-refractivity contribution in [3.05, 3.63) is 34.5 Å². The zero-order valence-corrected chi connectivity index (χ0v) is 9.12. The lowest BCUT2D eigenvalue weighted by Gasteiger charge is -2.01. The van der Waals surface area contributed by atoms with Gasteiger partial charge in [-0.1, -0.05) is 11.6 Å². The van der Waals surface area contributed by atoms with E-state index < -0.39 is 5.97 Å². The Kier molecular flexibility index (Phi) is 1.98. The van der Waals surface area contributed by atoms with E-state index in [2.05, 4.69) is 0 Å². The molecule has 2 aromatic rings. The Balaban J connectivity index is 2.13. The smallest absolute Gasteiger partial charge is 0.307 e. The van der Waals surface area contributed by atoms with E-state index in [0.29, 0.717) is 17.9 Å². The van der Waals surface area contributed by atoms with Crippen LogP contribution in [0.15, 0.2) is 22.6 Å². The second-order valence-corrected chi connectivity index (χ2v) is 4.52.